The van der Waals surface area contributed by atoms with Gasteiger partial charge in [0, 0.05) is 19.1 Å². The zero-order valence-corrected chi connectivity index (χ0v) is 8.67. The molecule has 1 atom stereocenters. The molecular formula is C8H14F6N2. The molecule has 0 aromatic rings. The minimum atomic E-state index is -4.29. The van der Waals surface area contributed by atoms with E-state index in [1.807, 2.05) is 0 Å². The maximum absolute atomic E-state index is 11.8. The van der Waals surface area contributed by atoms with E-state index in [9.17, 15) is 26.3 Å². The van der Waals surface area contributed by atoms with Gasteiger partial charge in [-0.1, -0.05) is 0 Å². The average Bonchev–Trinajstić information content (AvgIpc) is 1.97. The average molecular weight is 252 g/mol. The largest absolute Gasteiger partial charge is 0.401 e. The Morgan fingerprint density at radius 2 is 1.50 bits per heavy atom. The summed E-state index contributed by atoms with van der Waals surface area (Å²) in [6, 6.07) is -0.798. The summed E-state index contributed by atoms with van der Waals surface area (Å²) in [5.41, 5.74) is 0. The lowest BCUT2D eigenvalue weighted by Gasteiger charge is -2.16. The Labute approximate surface area is 89.4 Å². The summed E-state index contributed by atoms with van der Waals surface area (Å²) in [6.07, 6.45) is -9.55. The van der Waals surface area contributed by atoms with Crippen LogP contribution in [-0.2, 0) is 0 Å². The third-order valence-corrected chi connectivity index (χ3v) is 1.66. The molecule has 0 rings (SSSR count). The van der Waals surface area contributed by atoms with Crippen molar-refractivity contribution in [1.82, 2.24) is 10.6 Å². The second-order valence-corrected chi connectivity index (χ2v) is 3.47. The number of hydrogen-bond donors (Lipinski definition) is 2. The number of rotatable bonds is 6. The lowest BCUT2D eigenvalue weighted by atomic mass is 10.2. The third-order valence-electron chi connectivity index (χ3n) is 1.66. The molecule has 2 N–H and O–H groups in total. The number of hydrogen-bond acceptors (Lipinski definition) is 2. The first-order chi connectivity index (χ1) is 7.10. The topological polar surface area (TPSA) is 24.1 Å². The van der Waals surface area contributed by atoms with Crippen molar-refractivity contribution in [1.29, 1.82) is 0 Å². The highest BCUT2D eigenvalue weighted by Crippen LogP contribution is 2.21. The van der Waals surface area contributed by atoms with Gasteiger partial charge in [-0.25, -0.2) is 0 Å². The van der Waals surface area contributed by atoms with Crippen molar-refractivity contribution in [3.05, 3.63) is 0 Å². The second-order valence-electron chi connectivity index (χ2n) is 3.47. The molecule has 0 saturated carbocycles. The predicted molar refractivity (Wildman–Crippen MR) is 47.1 cm³/mol. The summed E-state index contributed by atoms with van der Waals surface area (Å²) in [4.78, 5) is 0. The molecule has 2 nitrogen and oxygen atoms in total. The smallest absolute Gasteiger partial charge is 0.313 e. The number of halogens is 6. The predicted octanol–water partition coefficient (Wildman–Crippen LogP) is 2.07. The highest BCUT2D eigenvalue weighted by molar-refractivity contribution is 4.66. The quantitative estimate of drug-likeness (QED) is 0.558. The molecule has 0 bridgehead atoms. The molecular weight excluding hydrogens is 238 g/mol. The van der Waals surface area contributed by atoms with E-state index < -0.39 is 31.4 Å². The Morgan fingerprint density at radius 1 is 0.938 bits per heavy atom. The SMILES string of the molecule is CC(CC(F)(F)F)NCCNCC(F)(F)F. The van der Waals surface area contributed by atoms with E-state index in [4.69, 9.17) is 0 Å². The van der Waals surface area contributed by atoms with E-state index in [0.29, 0.717) is 0 Å². The van der Waals surface area contributed by atoms with Crippen LogP contribution in [0.5, 0.6) is 0 Å². The van der Waals surface area contributed by atoms with Gasteiger partial charge in [-0.05, 0) is 6.92 Å². The minimum Gasteiger partial charge on any atom is -0.313 e. The van der Waals surface area contributed by atoms with Crippen LogP contribution >= 0.6 is 0 Å². The van der Waals surface area contributed by atoms with Crippen LogP contribution in [0.25, 0.3) is 0 Å². The second kappa shape index (κ2) is 6.29. The Kier molecular flexibility index (Phi) is 6.09. The van der Waals surface area contributed by atoms with Crippen LogP contribution in [0.2, 0.25) is 0 Å². The summed E-state index contributed by atoms with van der Waals surface area (Å²) in [6.45, 7) is 0.231. The molecule has 8 heteroatoms. The maximum Gasteiger partial charge on any atom is 0.401 e. The highest BCUT2D eigenvalue weighted by atomic mass is 19.4. The van der Waals surface area contributed by atoms with Crippen molar-refractivity contribution < 1.29 is 26.3 Å². The Morgan fingerprint density at radius 3 is 1.94 bits per heavy atom. The van der Waals surface area contributed by atoms with Crippen molar-refractivity contribution in [2.75, 3.05) is 19.6 Å². The van der Waals surface area contributed by atoms with Gasteiger partial charge in [-0.3, -0.25) is 0 Å². The fourth-order valence-corrected chi connectivity index (χ4v) is 1.06. The molecule has 98 valence electrons. The molecule has 0 fully saturated rings. The molecule has 0 aromatic carbocycles. The number of alkyl halides is 6. The zero-order valence-electron chi connectivity index (χ0n) is 8.67. The molecule has 0 saturated heterocycles. The first-order valence-electron chi connectivity index (χ1n) is 4.68. The molecule has 0 radical (unpaired) electrons. The lowest BCUT2D eigenvalue weighted by Crippen LogP contribution is -2.38. The normalized spacial score (nSPS) is 15.2. The summed E-state index contributed by atoms with van der Waals surface area (Å²) < 4.78 is 70.4. The van der Waals surface area contributed by atoms with Gasteiger partial charge in [0.25, 0.3) is 0 Å². The molecule has 0 aliphatic rings. The minimum absolute atomic E-state index is 0.0261. The molecule has 0 aliphatic heterocycles. The van der Waals surface area contributed by atoms with Crippen molar-refractivity contribution in [2.45, 2.75) is 31.7 Å². The standard InChI is InChI=1S/C8H14F6N2/c1-6(4-7(9,10)11)16-3-2-15-5-8(12,13)14/h6,15-16H,2-5H2,1H3. The van der Waals surface area contributed by atoms with Gasteiger partial charge in [0.1, 0.15) is 0 Å². The van der Waals surface area contributed by atoms with Gasteiger partial charge >= 0.3 is 12.4 Å². The van der Waals surface area contributed by atoms with Crippen LogP contribution in [0.1, 0.15) is 13.3 Å². The van der Waals surface area contributed by atoms with Gasteiger partial charge in [-0.2, -0.15) is 26.3 Å². The maximum atomic E-state index is 11.8. The van der Waals surface area contributed by atoms with Gasteiger partial charge in [0.05, 0.1) is 13.0 Å². The fourth-order valence-electron chi connectivity index (χ4n) is 1.06. The fraction of sp³-hybridized carbons (Fsp3) is 1.00. The van der Waals surface area contributed by atoms with Crippen molar-refractivity contribution in [2.24, 2.45) is 0 Å². The first-order valence-corrected chi connectivity index (χ1v) is 4.68. The Hall–Kier alpha value is -0.500. The molecule has 0 aliphatic carbocycles. The molecule has 0 spiro atoms. The van der Waals surface area contributed by atoms with E-state index in [1.54, 1.807) is 0 Å². The summed E-state index contributed by atoms with van der Waals surface area (Å²) >= 11 is 0. The summed E-state index contributed by atoms with van der Waals surface area (Å²) in [5, 5.41) is 4.55. The van der Waals surface area contributed by atoms with E-state index in [0.717, 1.165) is 0 Å². The first kappa shape index (κ1) is 15.5. The van der Waals surface area contributed by atoms with E-state index in [1.165, 1.54) is 6.92 Å². The third kappa shape index (κ3) is 11.6. The molecule has 0 aromatic heterocycles. The number of nitrogens with one attached hydrogen (secondary N) is 2. The van der Waals surface area contributed by atoms with Crippen LogP contribution in [0.3, 0.4) is 0 Å². The molecule has 0 amide bonds. The summed E-state index contributed by atoms with van der Waals surface area (Å²) in [7, 11) is 0. The van der Waals surface area contributed by atoms with Crippen LogP contribution < -0.4 is 10.6 Å². The van der Waals surface area contributed by atoms with Crippen LogP contribution in [0.4, 0.5) is 26.3 Å². The van der Waals surface area contributed by atoms with Gasteiger partial charge in [0.2, 0.25) is 0 Å². The molecule has 1 unspecified atom stereocenters. The van der Waals surface area contributed by atoms with E-state index in [2.05, 4.69) is 10.6 Å². The van der Waals surface area contributed by atoms with Gasteiger partial charge in [-0.15, -0.1) is 0 Å². The highest BCUT2D eigenvalue weighted by Gasteiger charge is 2.29. The summed E-state index contributed by atoms with van der Waals surface area (Å²) in [5.74, 6) is 0. The van der Waals surface area contributed by atoms with E-state index >= 15 is 0 Å². The van der Waals surface area contributed by atoms with Gasteiger partial charge in [0.15, 0.2) is 0 Å². The van der Waals surface area contributed by atoms with Crippen molar-refractivity contribution >= 4 is 0 Å². The van der Waals surface area contributed by atoms with E-state index in [-0.39, 0.29) is 13.1 Å². The van der Waals surface area contributed by atoms with Crippen molar-refractivity contribution in [3.8, 4) is 0 Å². The van der Waals surface area contributed by atoms with Crippen LogP contribution in [0.15, 0.2) is 0 Å². The Balaban J connectivity index is 3.45. The van der Waals surface area contributed by atoms with Crippen LogP contribution in [-0.4, -0.2) is 38.0 Å². The van der Waals surface area contributed by atoms with Crippen LogP contribution in [0, 0.1) is 0 Å². The molecule has 16 heavy (non-hydrogen) atoms. The zero-order chi connectivity index (χ0) is 12.8. The lowest BCUT2D eigenvalue weighted by molar-refractivity contribution is -0.138. The van der Waals surface area contributed by atoms with Crippen molar-refractivity contribution in [3.63, 3.8) is 0 Å². The monoisotopic (exact) mass is 252 g/mol. The Bertz CT molecular complexity index is 188. The molecule has 0 heterocycles. The van der Waals surface area contributed by atoms with Gasteiger partial charge < -0.3 is 10.6 Å².